The van der Waals surface area contributed by atoms with Crippen LogP contribution in [0.1, 0.15) is 27.2 Å². The third-order valence-corrected chi connectivity index (χ3v) is 0.702. The molecule has 3 N–H and O–H groups in total. The van der Waals surface area contributed by atoms with E-state index in [0.29, 0.717) is 6.42 Å². The number of nitrogens with two attached hydrogens (primary N) is 1. The first-order valence-electron chi connectivity index (χ1n) is 2.98. The molecule has 1 unspecified atom stereocenters. The average molecular weight is 171 g/mol. The van der Waals surface area contributed by atoms with Gasteiger partial charge in [-0.05, 0) is 0 Å². The maximum absolute atomic E-state index is 10.2. The first-order valence-corrected chi connectivity index (χ1v) is 2.98. The van der Waals surface area contributed by atoms with Gasteiger partial charge in [-0.25, -0.2) is 0 Å². The minimum atomic E-state index is -1.21. The van der Waals surface area contributed by atoms with Gasteiger partial charge in [0.25, 0.3) is 5.97 Å². The molecule has 0 rings (SSSR count). The summed E-state index contributed by atoms with van der Waals surface area (Å²) < 4.78 is 0. The van der Waals surface area contributed by atoms with E-state index in [1.807, 2.05) is 0 Å². The molecule has 0 fully saturated rings. The van der Waals surface area contributed by atoms with Crippen LogP contribution in [0, 0.1) is 0 Å². The Hall–Kier alpha value is 0.390. The van der Waals surface area contributed by atoms with E-state index >= 15 is 0 Å². The Morgan fingerprint density at radius 3 is 1.82 bits per heavy atom. The maximum atomic E-state index is 10.2. The van der Waals surface area contributed by atoms with Crippen LogP contribution in [0.4, 0.5) is 0 Å². The number of carboxylic acids is 1. The largest absolute Gasteiger partial charge is 1.00 e. The summed E-state index contributed by atoms with van der Waals surface area (Å²) in [4.78, 5) is 9.00. The van der Waals surface area contributed by atoms with Crippen molar-refractivity contribution in [1.82, 2.24) is 0 Å². The number of carboxylic acid groups (broad SMARTS) is 1. The van der Waals surface area contributed by atoms with Crippen LogP contribution in [0.25, 0.3) is 0 Å². The monoisotopic (exact) mass is 171 g/mol. The molecular weight excluding hydrogens is 157 g/mol. The summed E-state index contributed by atoms with van der Waals surface area (Å²) in [7, 11) is 0. The van der Waals surface area contributed by atoms with E-state index in [-0.39, 0.29) is 29.6 Å². The molecule has 0 aliphatic heterocycles. The fourth-order valence-electron chi connectivity index (χ4n) is 0. The van der Waals surface area contributed by atoms with Crippen LogP contribution < -0.4 is 40.4 Å². The minimum absolute atomic E-state index is 0. The summed E-state index contributed by atoms with van der Waals surface area (Å²) in [6.45, 7) is 4.32. The molecule has 11 heavy (non-hydrogen) atoms. The van der Waals surface area contributed by atoms with Crippen LogP contribution >= 0.6 is 0 Å². The Morgan fingerprint density at radius 1 is 1.73 bits per heavy atom. The number of rotatable bonds is 1. The molecule has 0 saturated heterocycles. The zero-order chi connectivity index (χ0) is 8.78. The number of hydrogen-bond acceptors (Lipinski definition) is 3. The SMILES string of the molecule is CC(=O)O.CCC(C)(N)[O-].[Na+]. The van der Waals surface area contributed by atoms with E-state index in [4.69, 9.17) is 15.6 Å². The summed E-state index contributed by atoms with van der Waals surface area (Å²) in [5.74, 6) is -0.833. The Balaban J connectivity index is -0.000000114. The molecule has 0 aliphatic rings. The predicted octanol–water partition coefficient (Wildman–Crippen LogP) is -3.47. The fraction of sp³-hybridized carbons (Fsp3) is 0.833. The molecule has 1 atom stereocenters. The molecule has 0 heterocycles. The first-order chi connectivity index (χ1) is 4.29. The van der Waals surface area contributed by atoms with Crippen LogP contribution in [0.5, 0.6) is 0 Å². The van der Waals surface area contributed by atoms with Crippen LogP contribution in [-0.2, 0) is 4.79 Å². The van der Waals surface area contributed by atoms with Crippen LogP contribution in [0.3, 0.4) is 0 Å². The second kappa shape index (κ2) is 8.49. The second-order valence-electron chi connectivity index (χ2n) is 2.19. The standard InChI is InChI=1S/C4H10NO.C2H4O2.Na/c1-3-4(2,5)6;1-2(3)4;/h3,5H2,1-2H3;1H3,(H,3,4);/q-1;;+1. The van der Waals surface area contributed by atoms with Crippen molar-refractivity contribution in [1.29, 1.82) is 0 Å². The Morgan fingerprint density at radius 2 is 1.82 bits per heavy atom. The summed E-state index contributed by atoms with van der Waals surface area (Å²) in [6, 6.07) is 0. The molecule has 0 aliphatic carbocycles. The summed E-state index contributed by atoms with van der Waals surface area (Å²) in [5.41, 5.74) is 3.77. The molecule has 0 amide bonds. The van der Waals surface area contributed by atoms with Crippen molar-refractivity contribution in [3.05, 3.63) is 0 Å². The van der Waals surface area contributed by atoms with E-state index in [1.165, 1.54) is 6.92 Å². The van der Waals surface area contributed by atoms with E-state index in [1.54, 1.807) is 6.92 Å². The quantitative estimate of drug-likeness (QED) is 0.317. The van der Waals surface area contributed by atoms with E-state index < -0.39 is 11.7 Å². The van der Waals surface area contributed by atoms with E-state index in [2.05, 4.69) is 0 Å². The van der Waals surface area contributed by atoms with Gasteiger partial charge < -0.3 is 15.9 Å². The molecule has 0 radical (unpaired) electrons. The molecule has 4 nitrogen and oxygen atoms in total. The molecule has 62 valence electrons. The van der Waals surface area contributed by atoms with Crippen molar-refractivity contribution in [2.75, 3.05) is 0 Å². The molecule has 0 aromatic rings. The minimum Gasteiger partial charge on any atom is -0.839 e. The van der Waals surface area contributed by atoms with E-state index in [0.717, 1.165) is 6.92 Å². The van der Waals surface area contributed by atoms with Crippen molar-refractivity contribution in [2.24, 2.45) is 5.73 Å². The van der Waals surface area contributed by atoms with Crippen LogP contribution in [0.15, 0.2) is 0 Å². The van der Waals surface area contributed by atoms with Crippen LogP contribution in [0.2, 0.25) is 0 Å². The Labute approximate surface area is 89.1 Å². The first kappa shape index (κ1) is 17.5. The molecule has 0 spiro atoms. The molecule has 0 bridgehead atoms. The zero-order valence-electron chi connectivity index (χ0n) is 7.55. The Kier molecular flexibility index (Phi) is 13.5. The van der Waals surface area contributed by atoms with Crippen molar-refractivity contribution in [3.8, 4) is 0 Å². The molecule has 0 aromatic heterocycles. The maximum Gasteiger partial charge on any atom is 1.00 e. The molecular formula is C6H14NNaO3. The Bertz CT molecular complexity index is 96.5. The second-order valence-corrected chi connectivity index (χ2v) is 2.19. The zero-order valence-corrected chi connectivity index (χ0v) is 9.55. The van der Waals surface area contributed by atoms with Crippen LogP contribution in [-0.4, -0.2) is 16.8 Å². The van der Waals surface area contributed by atoms with Gasteiger partial charge in [0, 0.05) is 6.92 Å². The van der Waals surface area contributed by atoms with Gasteiger partial charge in [0.05, 0.1) is 0 Å². The number of carbonyl (C=O) groups is 1. The predicted molar refractivity (Wildman–Crippen MR) is 36.2 cm³/mol. The van der Waals surface area contributed by atoms with Gasteiger partial charge in [0.2, 0.25) is 0 Å². The molecule has 0 aromatic carbocycles. The topological polar surface area (TPSA) is 86.4 Å². The third-order valence-electron chi connectivity index (χ3n) is 0.702. The van der Waals surface area contributed by atoms with Gasteiger partial charge in [-0.2, -0.15) is 0 Å². The van der Waals surface area contributed by atoms with Crippen molar-refractivity contribution < 1.29 is 44.6 Å². The van der Waals surface area contributed by atoms with Crippen molar-refractivity contribution >= 4 is 5.97 Å². The van der Waals surface area contributed by atoms with E-state index in [9.17, 15) is 5.11 Å². The van der Waals surface area contributed by atoms with Crippen molar-refractivity contribution in [3.63, 3.8) is 0 Å². The smallest absolute Gasteiger partial charge is 0.839 e. The normalized spacial score (nSPS) is 13.2. The van der Waals surface area contributed by atoms with Gasteiger partial charge in [-0.3, -0.25) is 4.79 Å². The summed E-state index contributed by atoms with van der Waals surface area (Å²) >= 11 is 0. The van der Waals surface area contributed by atoms with Gasteiger partial charge in [-0.15, -0.1) is 0 Å². The van der Waals surface area contributed by atoms with Crippen molar-refractivity contribution in [2.45, 2.75) is 32.9 Å². The third kappa shape index (κ3) is 63.6. The molecule has 5 heteroatoms. The number of hydrogen-bond donors (Lipinski definition) is 2. The number of aliphatic carboxylic acids is 1. The summed E-state index contributed by atoms with van der Waals surface area (Å²) in [5, 5.41) is 17.7. The fourth-order valence-corrected chi connectivity index (χ4v) is 0. The van der Waals surface area contributed by atoms with Gasteiger partial charge in [-0.1, -0.05) is 26.0 Å². The van der Waals surface area contributed by atoms with Gasteiger partial charge >= 0.3 is 29.6 Å². The summed E-state index contributed by atoms with van der Waals surface area (Å²) in [6.07, 6.45) is 0.493. The average Bonchev–Trinajstić information content (AvgIpc) is 1.63. The van der Waals surface area contributed by atoms with Gasteiger partial charge in [0.15, 0.2) is 0 Å². The molecule has 0 saturated carbocycles. The van der Waals surface area contributed by atoms with Gasteiger partial charge in [0.1, 0.15) is 0 Å².